The van der Waals surface area contributed by atoms with Crippen molar-refractivity contribution in [1.82, 2.24) is 10.2 Å². The summed E-state index contributed by atoms with van der Waals surface area (Å²) in [6.07, 6.45) is 1.75. The Bertz CT molecular complexity index is 893. The lowest BCUT2D eigenvalue weighted by Crippen LogP contribution is -2.38. The Morgan fingerprint density at radius 3 is 2.04 bits per heavy atom. The van der Waals surface area contributed by atoms with Crippen LogP contribution in [0, 0.1) is 0 Å². The van der Waals surface area contributed by atoms with Gasteiger partial charge in [0.2, 0.25) is 0 Å². The topological polar surface area (TPSA) is 32.3 Å². The van der Waals surface area contributed by atoms with Crippen LogP contribution >= 0.6 is 0 Å². The van der Waals surface area contributed by atoms with E-state index in [4.69, 9.17) is 0 Å². The zero-order valence-electron chi connectivity index (χ0n) is 15.3. The van der Waals surface area contributed by atoms with E-state index >= 15 is 0 Å². The van der Waals surface area contributed by atoms with E-state index in [-0.39, 0.29) is 12.1 Å². The Morgan fingerprint density at radius 1 is 0.741 bits per heavy atom. The molecule has 0 bridgehead atoms. The Balaban J connectivity index is 1.47. The van der Waals surface area contributed by atoms with Crippen molar-refractivity contribution in [1.29, 1.82) is 0 Å². The molecule has 1 aliphatic heterocycles. The summed E-state index contributed by atoms with van der Waals surface area (Å²) in [7, 11) is 0. The van der Waals surface area contributed by atoms with Gasteiger partial charge in [-0.3, -0.25) is 10.1 Å². The van der Waals surface area contributed by atoms with Crippen LogP contribution in [0.1, 0.15) is 33.2 Å². The molecule has 0 radical (unpaired) electrons. The predicted molar refractivity (Wildman–Crippen MR) is 109 cm³/mol. The minimum absolute atomic E-state index is 0.0545. The third kappa shape index (κ3) is 3.93. The highest BCUT2D eigenvalue weighted by Crippen LogP contribution is 2.31. The molecule has 0 spiro atoms. The van der Waals surface area contributed by atoms with Gasteiger partial charge in [-0.2, -0.15) is 0 Å². The zero-order valence-corrected chi connectivity index (χ0v) is 15.3. The number of fused-ring (bicyclic) bond motifs is 1. The van der Waals surface area contributed by atoms with Crippen molar-refractivity contribution in [2.45, 2.75) is 19.0 Å². The van der Waals surface area contributed by atoms with E-state index in [0.29, 0.717) is 6.54 Å². The van der Waals surface area contributed by atoms with Gasteiger partial charge in [-0.15, -0.1) is 0 Å². The van der Waals surface area contributed by atoms with E-state index in [1.54, 1.807) is 0 Å². The SMILES string of the molecule is O=C1c2ccccc2C(NCCc2ccccc2)N1CCc1ccccc1. The van der Waals surface area contributed by atoms with E-state index in [1.807, 2.05) is 47.4 Å². The molecule has 1 heterocycles. The molecule has 0 aromatic heterocycles. The summed E-state index contributed by atoms with van der Waals surface area (Å²) in [5.41, 5.74) is 4.47. The van der Waals surface area contributed by atoms with Gasteiger partial charge in [-0.05, 0) is 30.0 Å². The maximum absolute atomic E-state index is 12.9. The van der Waals surface area contributed by atoms with Gasteiger partial charge in [0, 0.05) is 24.2 Å². The molecule has 1 N–H and O–H groups in total. The molecule has 0 aliphatic carbocycles. The van der Waals surface area contributed by atoms with E-state index < -0.39 is 0 Å². The van der Waals surface area contributed by atoms with Gasteiger partial charge in [0.15, 0.2) is 0 Å². The van der Waals surface area contributed by atoms with Gasteiger partial charge in [0.25, 0.3) is 5.91 Å². The Hall–Kier alpha value is -2.91. The van der Waals surface area contributed by atoms with Crippen LogP contribution < -0.4 is 5.32 Å². The summed E-state index contributed by atoms with van der Waals surface area (Å²) in [5.74, 6) is 0.124. The van der Waals surface area contributed by atoms with Crippen molar-refractivity contribution in [2.24, 2.45) is 0 Å². The average Bonchev–Trinajstić information content (AvgIpc) is 3.00. The lowest BCUT2D eigenvalue weighted by atomic mass is 10.1. The fraction of sp³-hybridized carbons (Fsp3) is 0.208. The summed E-state index contributed by atoms with van der Waals surface area (Å²) >= 11 is 0. The molecule has 136 valence electrons. The number of carbonyl (C=O) groups excluding carboxylic acids is 1. The average molecular weight is 356 g/mol. The van der Waals surface area contributed by atoms with Gasteiger partial charge in [0.05, 0.1) is 0 Å². The molecule has 0 saturated heterocycles. The van der Waals surface area contributed by atoms with Gasteiger partial charge < -0.3 is 4.90 Å². The lowest BCUT2D eigenvalue weighted by Gasteiger charge is -2.26. The highest BCUT2D eigenvalue weighted by molar-refractivity contribution is 5.99. The normalized spacial score (nSPS) is 15.8. The molecule has 0 fully saturated rings. The number of hydrogen-bond donors (Lipinski definition) is 1. The van der Waals surface area contributed by atoms with E-state index in [0.717, 1.165) is 30.5 Å². The standard InChI is InChI=1S/C24H24N2O/c27-24-22-14-8-7-13-21(22)23(25-17-15-19-9-3-1-4-10-19)26(24)18-16-20-11-5-2-6-12-20/h1-14,23,25H,15-18H2. The Labute approximate surface area is 160 Å². The molecule has 27 heavy (non-hydrogen) atoms. The second-order valence-electron chi connectivity index (χ2n) is 6.91. The van der Waals surface area contributed by atoms with Crippen molar-refractivity contribution >= 4 is 5.91 Å². The summed E-state index contributed by atoms with van der Waals surface area (Å²) in [6.45, 7) is 1.54. The van der Waals surface area contributed by atoms with Crippen LogP contribution in [0.3, 0.4) is 0 Å². The number of rotatable bonds is 7. The summed E-state index contributed by atoms with van der Waals surface area (Å²) in [4.78, 5) is 14.9. The predicted octanol–water partition coefficient (Wildman–Crippen LogP) is 4.22. The smallest absolute Gasteiger partial charge is 0.255 e. The molecule has 3 nitrogen and oxygen atoms in total. The number of benzene rings is 3. The van der Waals surface area contributed by atoms with E-state index in [1.165, 1.54) is 11.1 Å². The molecule has 1 amide bonds. The van der Waals surface area contributed by atoms with Crippen LogP contribution in [-0.4, -0.2) is 23.9 Å². The molecule has 3 aromatic carbocycles. The van der Waals surface area contributed by atoms with Crippen molar-refractivity contribution < 1.29 is 4.79 Å². The number of nitrogens with one attached hydrogen (secondary N) is 1. The lowest BCUT2D eigenvalue weighted by molar-refractivity contribution is 0.0698. The van der Waals surface area contributed by atoms with Crippen LogP contribution in [-0.2, 0) is 12.8 Å². The molecule has 1 unspecified atom stereocenters. The van der Waals surface area contributed by atoms with Gasteiger partial charge in [0.1, 0.15) is 6.17 Å². The number of amides is 1. The first-order valence-electron chi connectivity index (χ1n) is 9.54. The Morgan fingerprint density at radius 2 is 1.33 bits per heavy atom. The maximum atomic E-state index is 12.9. The van der Waals surface area contributed by atoms with Crippen LogP contribution in [0.25, 0.3) is 0 Å². The van der Waals surface area contributed by atoms with E-state index in [9.17, 15) is 4.79 Å². The molecule has 3 heteroatoms. The second-order valence-corrected chi connectivity index (χ2v) is 6.91. The number of nitrogens with zero attached hydrogens (tertiary/aromatic N) is 1. The highest BCUT2D eigenvalue weighted by atomic mass is 16.2. The maximum Gasteiger partial charge on any atom is 0.255 e. The van der Waals surface area contributed by atoms with Crippen LogP contribution in [0.2, 0.25) is 0 Å². The molecule has 1 atom stereocenters. The summed E-state index contributed by atoms with van der Waals surface area (Å²) < 4.78 is 0. The van der Waals surface area contributed by atoms with Crippen molar-refractivity contribution in [2.75, 3.05) is 13.1 Å². The zero-order chi connectivity index (χ0) is 18.5. The first kappa shape index (κ1) is 17.5. The van der Waals surface area contributed by atoms with Crippen LogP contribution in [0.15, 0.2) is 84.9 Å². The summed E-state index contributed by atoms with van der Waals surface area (Å²) in [5, 5.41) is 3.61. The van der Waals surface area contributed by atoms with Crippen molar-refractivity contribution in [3.63, 3.8) is 0 Å². The number of carbonyl (C=O) groups is 1. The fourth-order valence-corrected chi connectivity index (χ4v) is 3.71. The molecule has 1 aliphatic rings. The molecule has 3 aromatic rings. The minimum Gasteiger partial charge on any atom is -0.319 e. The monoisotopic (exact) mass is 356 g/mol. The first-order chi connectivity index (χ1) is 13.3. The van der Waals surface area contributed by atoms with Crippen molar-refractivity contribution in [3.8, 4) is 0 Å². The number of hydrogen-bond acceptors (Lipinski definition) is 2. The van der Waals surface area contributed by atoms with E-state index in [2.05, 4.69) is 47.8 Å². The fourth-order valence-electron chi connectivity index (χ4n) is 3.71. The first-order valence-corrected chi connectivity index (χ1v) is 9.54. The molecule has 4 rings (SSSR count). The van der Waals surface area contributed by atoms with Crippen LogP contribution in [0.5, 0.6) is 0 Å². The third-order valence-corrected chi connectivity index (χ3v) is 5.14. The van der Waals surface area contributed by atoms with Gasteiger partial charge in [-0.25, -0.2) is 0 Å². The third-order valence-electron chi connectivity index (χ3n) is 5.14. The largest absolute Gasteiger partial charge is 0.319 e. The molecular weight excluding hydrogens is 332 g/mol. The summed E-state index contributed by atoms with van der Waals surface area (Å²) in [6, 6.07) is 28.8. The molecule has 0 saturated carbocycles. The van der Waals surface area contributed by atoms with Crippen molar-refractivity contribution in [3.05, 3.63) is 107 Å². The van der Waals surface area contributed by atoms with Gasteiger partial charge >= 0.3 is 0 Å². The Kier molecular flexibility index (Phi) is 5.31. The van der Waals surface area contributed by atoms with Gasteiger partial charge in [-0.1, -0.05) is 78.9 Å². The molecular formula is C24H24N2O. The van der Waals surface area contributed by atoms with Crippen LogP contribution in [0.4, 0.5) is 0 Å². The quantitative estimate of drug-likeness (QED) is 0.687. The highest BCUT2D eigenvalue weighted by Gasteiger charge is 2.35. The second kappa shape index (κ2) is 8.19. The minimum atomic E-state index is -0.0545.